The van der Waals surface area contributed by atoms with Crippen molar-refractivity contribution in [3.63, 3.8) is 0 Å². The largest absolute Gasteiger partial charge is 0.378 e. The third-order valence-electron chi connectivity index (χ3n) is 3.49. The molecule has 3 N–H and O–H groups in total. The van der Waals surface area contributed by atoms with Gasteiger partial charge in [0.25, 0.3) is 0 Å². The number of ether oxygens (including phenoxy) is 1. The average molecular weight is 280 g/mol. The summed E-state index contributed by atoms with van der Waals surface area (Å²) in [6.45, 7) is 9.44. The van der Waals surface area contributed by atoms with Crippen molar-refractivity contribution in [1.29, 1.82) is 0 Å². The van der Waals surface area contributed by atoms with Gasteiger partial charge in [-0.1, -0.05) is 20.8 Å². The molecule has 1 unspecified atom stereocenters. The molecule has 0 aromatic carbocycles. The summed E-state index contributed by atoms with van der Waals surface area (Å²) < 4.78 is 5.34. The van der Waals surface area contributed by atoms with Crippen LogP contribution in [0.3, 0.4) is 0 Å². The number of rotatable bonds is 5. The van der Waals surface area contributed by atoms with Crippen LogP contribution in [0.1, 0.15) is 27.2 Å². The van der Waals surface area contributed by atoms with E-state index in [0.29, 0.717) is 37.1 Å². The Balaban J connectivity index is 2.15. The highest BCUT2D eigenvalue weighted by Gasteiger charge is 2.18. The number of hydrogen-bond donors (Lipinski definition) is 2. The Labute approximate surface area is 119 Å². The first-order valence-electron chi connectivity index (χ1n) is 7.21. The van der Waals surface area contributed by atoms with Crippen molar-refractivity contribution in [2.45, 2.75) is 33.2 Å². The lowest BCUT2D eigenvalue weighted by molar-refractivity contribution is 0.122. The summed E-state index contributed by atoms with van der Waals surface area (Å²) in [4.78, 5) is 15.0. The van der Waals surface area contributed by atoms with Gasteiger partial charge in [0.15, 0.2) is 0 Å². The van der Waals surface area contributed by atoms with Crippen LogP contribution in [0.5, 0.6) is 0 Å². The van der Waals surface area contributed by atoms with E-state index in [9.17, 15) is 0 Å². The van der Waals surface area contributed by atoms with Crippen molar-refractivity contribution in [2.75, 3.05) is 42.3 Å². The molecule has 7 heteroatoms. The standard InChI is InChI=1S/C13H24N6O/c1-4-10(9(2)3)15-12-16-11(14)17-13(18-12)19-5-7-20-8-6-19/h9-10H,4-8H2,1-3H3,(H3,14,15,16,17,18). The minimum atomic E-state index is 0.252. The molecule has 1 aliphatic heterocycles. The summed E-state index contributed by atoms with van der Waals surface area (Å²) in [5.74, 6) is 1.94. The quantitative estimate of drug-likeness (QED) is 0.835. The van der Waals surface area contributed by atoms with Crippen molar-refractivity contribution in [3.05, 3.63) is 0 Å². The molecule has 1 aromatic heterocycles. The topological polar surface area (TPSA) is 89.2 Å². The Bertz CT molecular complexity index is 433. The van der Waals surface area contributed by atoms with E-state index in [1.165, 1.54) is 0 Å². The zero-order valence-electron chi connectivity index (χ0n) is 12.5. The fourth-order valence-electron chi connectivity index (χ4n) is 2.26. The van der Waals surface area contributed by atoms with Gasteiger partial charge in [0.2, 0.25) is 17.8 Å². The molecule has 0 aliphatic carbocycles. The van der Waals surface area contributed by atoms with Gasteiger partial charge in [-0.05, 0) is 12.3 Å². The van der Waals surface area contributed by atoms with Gasteiger partial charge in [-0.2, -0.15) is 15.0 Å². The first-order valence-corrected chi connectivity index (χ1v) is 7.21. The van der Waals surface area contributed by atoms with Crippen LogP contribution in [-0.2, 0) is 4.74 Å². The average Bonchev–Trinajstić information content (AvgIpc) is 2.45. The van der Waals surface area contributed by atoms with Gasteiger partial charge in [-0.15, -0.1) is 0 Å². The summed E-state index contributed by atoms with van der Waals surface area (Å²) in [6, 6.07) is 0.328. The maximum Gasteiger partial charge on any atom is 0.232 e. The first-order chi connectivity index (χ1) is 9.60. The summed E-state index contributed by atoms with van der Waals surface area (Å²) in [6.07, 6.45) is 1.01. The summed E-state index contributed by atoms with van der Waals surface area (Å²) in [5, 5.41) is 3.35. The van der Waals surface area contributed by atoms with Crippen LogP contribution in [0, 0.1) is 5.92 Å². The second kappa shape index (κ2) is 6.69. The summed E-state index contributed by atoms with van der Waals surface area (Å²) in [7, 11) is 0. The molecule has 1 aliphatic rings. The van der Waals surface area contributed by atoms with Gasteiger partial charge < -0.3 is 20.7 Å². The van der Waals surface area contributed by atoms with Crippen LogP contribution in [-0.4, -0.2) is 47.3 Å². The lowest BCUT2D eigenvalue weighted by atomic mass is 10.0. The van der Waals surface area contributed by atoms with E-state index < -0.39 is 0 Å². The molecule has 0 bridgehead atoms. The molecular formula is C13H24N6O. The predicted molar refractivity (Wildman–Crippen MR) is 79.8 cm³/mol. The van der Waals surface area contributed by atoms with Crippen LogP contribution < -0.4 is 16.0 Å². The molecule has 2 heterocycles. The highest BCUT2D eigenvalue weighted by molar-refractivity contribution is 5.42. The van der Waals surface area contributed by atoms with Crippen molar-refractivity contribution in [2.24, 2.45) is 5.92 Å². The maximum atomic E-state index is 5.80. The van der Waals surface area contributed by atoms with Crippen molar-refractivity contribution in [1.82, 2.24) is 15.0 Å². The number of anilines is 3. The zero-order chi connectivity index (χ0) is 14.5. The highest BCUT2D eigenvalue weighted by Crippen LogP contribution is 2.16. The third kappa shape index (κ3) is 3.69. The van der Waals surface area contributed by atoms with Crippen LogP contribution in [0.2, 0.25) is 0 Å². The molecule has 0 radical (unpaired) electrons. The molecule has 2 rings (SSSR count). The van der Waals surface area contributed by atoms with Crippen LogP contribution in [0.15, 0.2) is 0 Å². The van der Waals surface area contributed by atoms with E-state index in [1.807, 2.05) is 0 Å². The molecule has 0 saturated carbocycles. The highest BCUT2D eigenvalue weighted by atomic mass is 16.5. The van der Waals surface area contributed by atoms with Gasteiger partial charge in [0.1, 0.15) is 0 Å². The lowest BCUT2D eigenvalue weighted by Gasteiger charge is -2.27. The molecule has 0 spiro atoms. The number of aromatic nitrogens is 3. The minimum absolute atomic E-state index is 0.252. The summed E-state index contributed by atoms with van der Waals surface area (Å²) >= 11 is 0. The molecule has 20 heavy (non-hydrogen) atoms. The smallest absolute Gasteiger partial charge is 0.232 e. The van der Waals surface area contributed by atoms with Crippen molar-refractivity contribution < 1.29 is 4.74 Å². The van der Waals surface area contributed by atoms with E-state index in [4.69, 9.17) is 10.5 Å². The number of nitrogens with one attached hydrogen (secondary N) is 1. The van der Waals surface area contributed by atoms with Gasteiger partial charge in [-0.25, -0.2) is 0 Å². The monoisotopic (exact) mass is 280 g/mol. The number of nitrogens with two attached hydrogens (primary N) is 1. The molecule has 112 valence electrons. The minimum Gasteiger partial charge on any atom is -0.378 e. The SMILES string of the molecule is CCC(Nc1nc(N)nc(N2CCOCC2)n1)C(C)C. The molecular weight excluding hydrogens is 256 g/mol. The normalized spacial score (nSPS) is 17.3. The van der Waals surface area contributed by atoms with Crippen molar-refractivity contribution >= 4 is 17.8 Å². The van der Waals surface area contributed by atoms with E-state index in [2.05, 4.69) is 45.9 Å². The van der Waals surface area contributed by atoms with Crippen LogP contribution in [0.25, 0.3) is 0 Å². The van der Waals surface area contributed by atoms with Gasteiger partial charge >= 0.3 is 0 Å². The van der Waals surface area contributed by atoms with Crippen LogP contribution in [0.4, 0.5) is 17.8 Å². The molecule has 1 saturated heterocycles. The Morgan fingerprint density at radius 3 is 2.55 bits per heavy atom. The second-order valence-electron chi connectivity index (χ2n) is 5.32. The van der Waals surface area contributed by atoms with Gasteiger partial charge in [-0.3, -0.25) is 0 Å². The lowest BCUT2D eigenvalue weighted by Crippen LogP contribution is -2.38. The second-order valence-corrected chi connectivity index (χ2v) is 5.32. The van der Waals surface area contributed by atoms with E-state index >= 15 is 0 Å². The van der Waals surface area contributed by atoms with E-state index in [0.717, 1.165) is 19.5 Å². The number of nitrogen functional groups attached to an aromatic ring is 1. The zero-order valence-corrected chi connectivity index (χ0v) is 12.5. The van der Waals surface area contributed by atoms with E-state index in [1.54, 1.807) is 0 Å². The molecule has 0 amide bonds. The van der Waals surface area contributed by atoms with E-state index in [-0.39, 0.29) is 5.95 Å². The molecule has 1 aromatic rings. The molecule has 1 fully saturated rings. The maximum absolute atomic E-state index is 5.80. The molecule has 7 nitrogen and oxygen atoms in total. The molecule has 1 atom stereocenters. The Morgan fingerprint density at radius 1 is 1.25 bits per heavy atom. The number of hydrogen-bond acceptors (Lipinski definition) is 7. The van der Waals surface area contributed by atoms with Crippen molar-refractivity contribution in [3.8, 4) is 0 Å². The Morgan fingerprint density at radius 2 is 1.95 bits per heavy atom. The first kappa shape index (κ1) is 14.8. The third-order valence-corrected chi connectivity index (χ3v) is 3.49. The van der Waals surface area contributed by atoms with Gasteiger partial charge in [0, 0.05) is 19.1 Å². The van der Waals surface area contributed by atoms with Gasteiger partial charge in [0.05, 0.1) is 13.2 Å². The number of morpholine rings is 1. The fraction of sp³-hybridized carbons (Fsp3) is 0.769. The summed E-state index contributed by atoms with van der Waals surface area (Å²) in [5.41, 5.74) is 5.80. The Hall–Kier alpha value is -1.63. The fourth-order valence-corrected chi connectivity index (χ4v) is 2.26. The van der Waals surface area contributed by atoms with Crippen LogP contribution >= 0.6 is 0 Å². The Kier molecular flexibility index (Phi) is 4.94. The predicted octanol–water partition coefficient (Wildman–Crippen LogP) is 1.14. The number of nitrogens with zero attached hydrogens (tertiary/aromatic N) is 4.